The molecule has 0 aliphatic heterocycles. The van der Waals surface area contributed by atoms with Gasteiger partial charge in [0.25, 0.3) is 0 Å². The molecule has 1 rings (SSSR count). The highest BCUT2D eigenvalue weighted by Gasteiger charge is 2.26. The van der Waals surface area contributed by atoms with Gasteiger partial charge in [0.1, 0.15) is 0 Å². The van der Waals surface area contributed by atoms with Crippen LogP contribution in [0.15, 0.2) is 6.07 Å². The van der Waals surface area contributed by atoms with Crippen LogP contribution in [0, 0.1) is 21.0 Å². The minimum atomic E-state index is -1.95. The fourth-order valence-corrected chi connectivity index (χ4v) is 3.31. The molecule has 0 nitrogen and oxygen atoms in total. The molecule has 0 saturated heterocycles. The molecule has 0 radical (unpaired) electrons. The third-order valence-corrected chi connectivity index (χ3v) is 4.68. The van der Waals surface area contributed by atoms with Crippen molar-refractivity contribution in [1.29, 1.82) is 0 Å². The zero-order valence-electron chi connectivity index (χ0n) is 8.09. The molecule has 5 heteroatoms. The topological polar surface area (TPSA) is 0 Å². The molecule has 1 aromatic carbocycles. The summed E-state index contributed by atoms with van der Waals surface area (Å²) in [6.07, 6.45) is 0. The molecule has 0 N–H and O–H groups in total. The first-order valence-electron chi connectivity index (χ1n) is 4.08. The summed E-state index contributed by atoms with van der Waals surface area (Å²) < 4.78 is 39.5. The van der Waals surface area contributed by atoms with Crippen LogP contribution in [-0.2, 0) is 0 Å². The molecule has 0 aliphatic carbocycles. The van der Waals surface area contributed by atoms with Crippen molar-refractivity contribution in [3.8, 4) is 0 Å². The van der Waals surface area contributed by atoms with Gasteiger partial charge in [0.15, 0.2) is 17.5 Å². The monoisotopic (exact) mass is 330 g/mol. The highest BCUT2D eigenvalue weighted by atomic mass is 127. The molecule has 0 unspecified atom stereocenters. The van der Waals surface area contributed by atoms with Crippen LogP contribution in [0.3, 0.4) is 0 Å². The predicted molar refractivity (Wildman–Crippen MR) is 62.0 cm³/mol. The van der Waals surface area contributed by atoms with E-state index in [4.69, 9.17) is 0 Å². The third-order valence-electron chi connectivity index (χ3n) is 1.91. The van der Waals surface area contributed by atoms with E-state index in [9.17, 15) is 13.2 Å². The van der Waals surface area contributed by atoms with Crippen LogP contribution in [0.2, 0.25) is 19.6 Å². The molecule has 0 fully saturated rings. The van der Waals surface area contributed by atoms with Gasteiger partial charge in [-0.2, -0.15) is 0 Å². The number of hydrogen-bond donors (Lipinski definition) is 0. The Labute approximate surface area is 95.7 Å². The average molecular weight is 330 g/mol. The maximum Gasteiger partial charge on any atom is 0.195 e. The number of benzene rings is 1. The molecule has 0 saturated carbocycles. The van der Waals surface area contributed by atoms with Gasteiger partial charge in [-0.3, -0.25) is 0 Å². The van der Waals surface area contributed by atoms with Crippen LogP contribution >= 0.6 is 22.6 Å². The molecule has 78 valence electrons. The zero-order valence-corrected chi connectivity index (χ0v) is 11.2. The molecular formula is C9H10F3ISi. The molecule has 0 aliphatic rings. The Morgan fingerprint density at radius 1 is 1.00 bits per heavy atom. The predicted octanol–water partition coefficient (Wildman–Crippen LogP) is 3.25. The summed E-state index contributed by atoms with van der Waals surface area (Å²) in [6, 6.07) is 1.40. The van der Waals surface area contributed by atoms with E-state index in [2.05, 4.69) is 0 Å². The summed E-state index contributed by atoms with van der Waals surface area (Å²) in [5.41, 5.74) is 0. The normalized spacial score (nSPS) is 11.9. The lowest BCUT2D eigenvalue weighted by Gasteiger charge is -2.18. The van der Waals surface area contributed by atoms with Crippen LogP contribution < -0.4 is 5.19 Å². The van der Waals surface area contributed by atoms with E-state index in [1.165, 1.54) is 6.07 Å². The van der Waals surface area contributed by atoms with Gasteiger partial charge < -0.3 is 0 Å². The number of halogens is 4. The lowest BCUT2D eigenvalue weighted by atomic mass is 10.3. The largest absolute Gasteiger partial charge is 0.204 e. The summed E-state index contributed by atoms with van der Waals surface area (Å²) in [7, 11) is -1.95. The fourth-order valence-electron chi connectivity index (χ4n) is 1.12. The van der Waals surface area contributed by atoms with Crippen LogP contribution in [0.4, 0.5) is 13.2 Å². The maximum atomic E-state index is 13.4. The first-order valence-corrected chi connectivity index (χ1v) is 8.66. The van der Waals surface area contributed by atoms with Gasteiger partial charge in [-0.1, -0.05) is 19.6 Å². The van der Waals surface area contributed by atoms with Crippen molar-refractivity contribution >= 4 is 35.9 Å². The van der Waals surface area contributed by atoms with Crippen molar-refractivity contribution < 1.29 is 13.2 Å². The Hall–Kier alpha value is -0.0431. The van der Waals surface area contributed by atoms with Crippen LogP contribution in [0.5, 0.6) is 0 Å². The quantitative estimate of drug-likeness (QED) is 0.321. The second-order valence-corrected chi connectivity index (χ2v) is 10.3. The molecule has 0 spiro atoms. The van der Waals surface area contributed by atoms with Crippen LogP contribution in [0.25, 0.3) is 0 Å². The Kier molecular flexibility index (Phi) is 3.30. The summed E-state index contributed by atoms with van der Waals surface area (Å²) in [5, 5.41) is 0.334. The van der Waals surface area contributed by atoms with Gasteiger partial charge in [0.05, 0.1) is 11.6 Å². The second-order valence-electron chi connectivity index (χ2n) is 4.10. The van der Waals surface area contributed by atoms with E-state index in [0.29, 0.717) is 5.19 Å². The van der Waals surface area contributed by atoms with E-state index in [1.54, 1.807) is 22.6 Å². The Bertz CT molecular complexity index is 371. The van der Waals surface area contributed by atoms with Gasteiger partial charge in [-0.15, -0.1) is 0 Å². The van der Waals surface area contributed by atoms with Gasteiger partial charge >= 0.3 is 0 Å². The van der Waals surface area contributed by atoms with Crippen LogP contribution in [-0.4, -0.2) is 8.07 Å². The van der Waals surface area contributed by atoms with Crippen molar-refractivity contribution in [2.45, 2.75) is 19.6 Å². The van der Waals surface area contributed by atoms with E-state index in [0.717, 1.165) is 0 Å². The third kappa shape index (κ3) is 2.13. The molecular weight excluding hydrogens is 320 g/mol. The molecule has 0 aromatic heterocycles. The molecule has 0 atom stereocenters. The number of hydrogen-bond acceptors (Lipinski definition) is 0. The molecule has 1 aromatic rings. The smallest absolute Gasteiger partial charge is 0.195 e. The minimum absolute atomic E-state index is 0.138. The Balaban J connectivity index is 3.49. The van der Waals surface area contributed by atoms with Gasteiger partial charge in [0, 0.05) is 0 Å². The minimum Gasteiger partial charge on any atom is -0.204 e. The number of rotatable bonds is 1. The van der Waals surface area contributed by atoms with Crippen molar-refractivity contribution in [3.63, 3.8) is 0 Å². The van der Waals surface area contributed by atoms with E-state index >= 15 is 0 Å². The SMILES string of the molecule is C[Si](C)(C)c1cc(I)c(F)c(F)c1F. The Morgan fingerprint density at radius 3 is 1.93 bits per heavy atom. The highest BCUT2D eigenvalue weighted by Crippen LogP contribution is 2.18. The van der Waals surface area contributed by atoms with Gasteiger partial charge in [-0.25, -0.2) is 13.2 Å². The molecule has 14 heavy (non-hydrogen) atoms. The average Bonchev–Trinajstić information content (AvgIpc) is 2.06. The standard InChI is InChI=1S/C9H10F3ISi/c1-14(2,3)6-4-5(13)7(10)9(12)8(6)11/h4H,1-3H3. The fraction of sp³-hybridized carbons (Fsp3) is 0.333. The van der Waals surface area contributed by atoms with Crippen molar-refractivity contribution in [2.75, 3.05) is 0 Å². The molecule has 0 bridgehead atoms. The first-order chi connectivity index (χ1) is 6.25. The lowest BCUT2D eigenvalue weighted by molar-refractivity contribution is 0.447. The molecule has 0 heterocycles. The van der Waals surface area contributed by atoms with Crippen LogP contribution in [0.1, 0.15) is 0 Å². The summed E-state index contributed by atoms with van der Waals surface area (Å²) in [5.74, 6) is -3.47. The van der Waals surface area contributed by atoms with E-state index < -0.39 is 25.5 Å². The van der Waals surface area contributed by atoms with Gasteiger partial charge in [-0.05, 0) is 33.8 Å². The summed E-state index contributed by atoms with van der Waals surface area (Å²) >= 11 is 1.67. The summed E-state index contributed by atoms with van der Waals surface area (Å²) in [4.78, 5) is 0. The molecule has 0 amide bonds. The van der Waals surface area contributed by atoms with E-state index in [1.807, 2.05) is 19.6 Å². The first kappa shape index (κ1) is 12.0. The van der Waals surface area contributed by atoms with E-state index in [-0.39, 0.29) is 3.57 Å². The second kappa shape index (κ2) is 3.84. The lowest BCUT2D eigenvalue weighted by Crippen LogP contribution is -2.41. The summed E-state index contributed by atoms with van der Waals surface area (Å²) in [6.45, 7) is 5.66. The van der Waals surface area contributed by atoms with Crippen molar-refractivity contribution in [1.82, 2.24) is 0 Å². The van der Waals surface area contributed by atoms with Crippen molar-refractivity contribution in [2.24, 2.45) is 0 Å². The maximum absolute atomic E-state index is 13.4. The van der Waals surface area contributed by atoms with Gasteiger partial charge in [0.2, 0.25) is 0 Å². The Morgan fingerprint density at radius 2 is 1.50 bits per heavy atom. The highest BCUT2D eigenvalue weighted by molar-refractivity contribution is 14.1. The van der Waals surface area contributed by atoms with Crippen molar-refractivity contribution in [3.05, 3.63) is 27.1 Å². The zero-order chi connectivity index (χ0) is 11.1.